The standard InChI is InChI=1S/C22H20N2O3/c25-21(19-7-1-4-16-5-2-12-23-20(16)19)24-13-3-6-18(14-24)15-8-10-17(11-9-15)22(26)27/h1-2,4-5,7-12,18H,3,6,13-14H2,(H,26,27)/t18-/m1/s1. The molecule has 1 fully saturated rings. The minimum atomic E-state index is -0.926. The van der Waals surface area contributed by atoms with Gasteiger partial charge in [-0.1, -0.05) is 30.3 Å². The molecule has 0 saturated carbocycles. The van der Waals surface area contributed by atoms with E-state index in [2.05, 4.69) is 4.98 Å². The number of para-hydroxylation sites is 1. The number of carbonyl (C=O) groups excluding carboxylic acids is 1. The number of fused-ring (bicyclic) bond motifs is 1. The van der Waals surface area contributed by atoms with Crippen LogP contribution in [0.3, 0.4) is 0 Å². The molecule has 136 valence electrons. The van der Waals surface area contributed by atoms with Crippen molar-refractivity contribution in [1.82, 2.24) is 9.88 Å². The van der Waals surface area contributed by atoms with Crippen LogP contribution in [-0.2, 0) is 0 Å². The first-order chi connectivity index (χ1) is 13.1. The Balaban J connectivity index is 1.57. The summed E-state index contributed by atoms with van der Waals surface area (Å²) in [6.07, 6.45) is 3.63. The molecule has 5 heteroatoms. The first-order valence-electron chi connectivity index (χ1n) is 9.10. The van der Waals surface area contributed by atoms with Crippen LogP contribution in [0.4, 0.5) is 0 Å². The molecule has 1 aromatic heterocycles. The first kappa shape index (κ1) is 17.2. The largest absolute Gasteiger partial charge is 0.478 e. The van der Waals surface area contributed by atoms with Gasteiger partial charge in [0.1, 0.15) is 0 Å². The Morgan fingerprint density at radius 3 is 2.59 bits per heavy atom. The Bertz CT molecular complexity index is 993. The molecule has 27 heavy (non-hydrogen) atoms. The van der Waals surface area contributed by atoms with Gasteiger partial charge in [0.15, 0.2) is 0 Å². The van der Waals surface area contributed by atoms with Gasteiger partial charge in [0, 0.05) is 30.6 Å². The molecule has 2 aromatic carbocycles. The molecule has 0 radical (unpaired) electrons. The van der Waals surface area contributed by atoms with E-state index in [1.165, 1.54) is 0 Å². The molecule has 3 aromatic rings. The summed E-state index contributed by atoms with van der Waals surface area (Å²) in [4.78, 5) is 30.5. The third-order valence-electron chi connectivity index (χ3n) is 5.20. The van der Waals surface area contributed by atoms with Gasteiger partial charge in [-0.2, -0.15) is 0 Å². The molecule has 1 saturated heterocycles. The van der Waals surface area contributed by atoms with E-state index in [9.17, 15) is 9.59 Å². The van der Waals surface area contributed by atoms with Gasteiger partial charge in [-0.05, 0) is 42.7 Å². The fraction of sp³-hybridized carbons (Fsp3) is 0.227. The number of carboxylic acid groups (broad SMARTS) is 1. The van der Waals surface area contributed by atoms with E-state index >= 15 is 0 Å². The summed E-state index contributed by atoms with van der Waals surface area (Å²) >= 11 is 0. The van der Waals surface area contributed by atoms with Gasteiger partial charge in [-0.3, -0.25) is 9.78 Å². The molecule has 0 bridgehead atoms. The van der Waals surface area contributed by atoms with Crippen LogP contribution in [0.2, 0.25) is 0 Å². The van der Waals surface area contributed by atoms with Crippen LogP contribution in [0.25, 0.3) is 10.9 Å². The Hall–Kier alpha value is -3.21. The number of amides is 1. The molecule has 1 N–H and O–H groups in total. The van der Waals surface area contributed by atoms with Crippen molar-refractivity contribution in [2.75, 3.05) is 13.1 Å². The summed E-state index contributed by atoms with van der Waals surface area (Å²) in [7, 11) is 0. The second-order valence-electron chi connectivity index (χ2n) is 6.90. The van der Waals surface area contributed by atoms with E-state index in [4.69, 9.17) is 5.11 Å². The number of rotatable bonds is 3. The summed E-state index contributed by atoms with van der Waals surface area (Å²) in [5, 5.41) is 10.0. The van der Waals surface area contributed by atoms with Crippen LogP contribution in [0.1, 0.15) is 45.0 Å². The number of carbonyl (C=O) groups is 2. The van der Waals surface area contributed by atoms with Gasteiger partial charge in [-0.25, -0.2) is 4.79 Å². The number of aromatic carboxylic acids is 1. The van der Waals surface area contributed by atoms with E-state index in [1.807, 2.05) is 47.4 Å². The maximum atomic E-state index is 13.1. The molecule has 1 aliphatic rings. The molecular weight excluding hydrogens is 340 g/mol. The molecule has 1 amide bonds. The Kier molecular flexibility index (Phi) is 4.59. The van der Waals surface area contributed by atoms with Crippen molar-refractivity contribution in [3.05, 3.63) is 77.5 Å². The smallest absolute Gasteiger partial charge is 0.335 e. The van der Waals surface area contributed by atoms with E-state index in [-0.39, 0.29) is 17.4 Å². The van der Waals surface area contributed by atoms with Crippen molar-refractivity contribution in [2.45, 2.75) is 18.8 Å². The number of pyridine rings is 1. The number of nitrogens with zero attached hydrogens (tertiary/aromatic N) is 2. The SMILES string of the molecule is O=C(O)c1ccc([C@@H]2CCCN(C(=O)c3cccc4cccnc34)C2)cc1. The zero-order chi connectivity index (χ0) is 18.8. The van der Waals surface area contributed by atoms with Gasteiger partial charge in [0.25, 0.3) is 5.91 Å². The van der Waals surface area contributed by atoms with E-state index < -0.39 is 5.97 Å². The van der Waals surface area contributed by atoms with E-state index in [1.54, 1.807) is 18.3 Å². The highest BCUT2D eigenvalue weighted by Gasteiger charge is 2.26. The average Bonchev–Trinajstić information content (AvgIpc) is 2.73. The first-order valence-corrected chi connectivity index (χ1v) is 9.10. The summed E-state index contributed by atoms with van der Waals surface area (Å²) in [5.74, 6) is -0.704. The van der Waals surface area contributed by atoms with Crippen molar-refractivity contribution in [3.63, 3.8) is 0 Å². The van der Waals surface area contributed by atoms with Crippen molar-refractivity contribution in [3.8, 4) is 0 Å². The lowest BCUT2D eigenvalue weighted by atomic mass is 9.89. The highest BCUT2D eigenvalue weighted by molar-refractivity contribution is 6.05. The lowest BCUT2D eigenvalue weighted by Crippen LogP contribution is -2.39. The van der Waals surface area contributed by atoms with Crippen LogP contribution in [0, 0.1) is 0 Å². The quantitative estimate of drug-likeness (QED) is 0.768. The van der Waals surface area contributed by atoms with Crippen molar-refractivity contribution < 1.29 is 14.7 Å². The zero-order valence-electron chi connectivity index (χ0n) is 14.8. The van der Waals surface area contributed by atoms with Gasteiger partial charge in [0.2, 0.25) is 0 Å². The molecule has 1 atom stereocenters. The molecule has 0 spiro atoms. The minimum Gasteiger partial charge on any atom is -0.478 e. The fourth-order valence-corrected chi connectivity index (χ4v) is 3.78. The highest BCUT2D eigenvalue weighted by Crippen LogP contribution is 2.29. The summed E-state index contributed by atoms with van der Waals surface area (Å²) < 4.78 is 0. The van der Waals surface area contributed by atoms with Gasteiger partial charge >= 0.3 is 5.97 Å². The fourth-order valence-electron chi connectivity index (χ4n) is 3.78. The maximum absolute atomic E-state index is 13.1. The third kappa shape index (κ3) is 3.40. The van der Waals surface area contributed by atoms with Crippen LogP contribution >= 0.6 is 0 Å². The lowest BCUT2D eigenvalue weighted by molar-refractivity contribution is 0.0694. The topological polar surface area (TPSA) is 70.5 Å². The average molecular weight is 360 g/mol. The summed E-state index contributed by atoms with van der Waals surface area (Å²) in [5.41, 5.74) is 2.73. The number of piperidine rings is 1. The van der Waals surface area contributed by atoms with Crippen molar-refractivity contribution in [2.24, 2.45) is 0 Å². The Labute approximate surface area is 157 Å². The maximum Gasteiger partial charge on any atom is 0.335 e. The lowest BCUT2D eigenvalue weighted by Gasteiger charge is -2.33. The van der Waals surface area contributed by atoms with Crippen molar-refractivity contribution in [1.29, 1.82) is 0 Å². The van der Waals surface area contributed by atoms with Crippen LogP contribution in [0.5, 0.6) is 0 Å². The second kappa shape index (κ2) is 7.19. The Morgan fingerprint density at radius 2 is 1.81 bits per heavy atom. The molecule has 2 heterocycles. The molecule has 0 aliphatic carbocycles. The number of hydrogen-bond acceptors (Lipinski definition) is 3. The van der Waals surface area contributed by atoms with Crippen LogP contribution < -0.4 is 0 Å². The molecule has 5 nitrogen and oxygen atoms in total. The van der Waals surface area contributed by atoms with Gasteiger partial charge < -0.3 is 10.0 Å². The predicted molar refractivity (Wildman–Crippen MR) is 103 cm³/mol. The number of hydrogen-bond donors (Lipinski definition) is 1. The monoisotopic (exact) mass is 360 g/mol. The molecular formula is C22H20N2O3. The molecule has 4 rings (SSSR count). The number of aromatic nitrogens is 1. The molecule has 0 unspecified atom stereocenters. The van der Waals surface area contributed by atoms with Gasteiger partial charge in [-0.15, -0.1) is 0 Å². The number of likely N-dealkylation sites (tertiary alicyclic amines) is 1. The van der Waals surface area contributed by atoms with E-state index in [0.717, 1.165) is 35.9 Å². The zero-order valence-corrected chi connectivity index (χ0v) is 14.8. The summed E-state index contributed by atoms with van der Waals surface area (Å²) in [6, 6.07) is 16.5. The minimum absolute atomic E-state index is 0.00570. The van der Waals surface area contributed by atoms with Crippen LogP contribution in [-0.4, -0.2) is 40.0 Å². The van der Waals surface area contributed by atoms with Crippen molar-refractivity contribution >= 4 is 22.8 Å². The number of benzene rings is 2. The van der Waals surface area contributed by atoms with Crippen LogP contribution in [0.15, 0.2) is 60.8 Å². The Morgan fingerprint density at radius 1 is 1.04 bits per heavy atom. The third-order valence-corrected chi connectivity index (χ3v) is 5.20. The second-order valence-corrected chi connectivity index (χ2v) is 6.90. The number of carboxylic acids is 1. The van der Waals surface area contributed by atoms with Gasteiger partial charge in [0.05, 0.1) is 16.6 Å². The summed E-state index contributed by atoms with van der Waals surface area (Å²) in [6.45, 7) is 1.36. The van der Waals surface area contributed by atoms with E-state index in [0.29, 0.717) is 12.1 Å². The normalized spacial score (nSPS) is 17.0. The molecule has 1 aliphatic heterocycles. The predicted octanol–water partition coefficient (Wildman–Crippen LogP) is 3.95. The highest BCUT2D eigenvalue weighted by atomic mass is 16.4.